The second-order valence-corrected chi connectivity index (χ2v) is 13.9. The van der Waals surface area contributed by atoms with Crippen LogP contribution in [0.5, 0.6) is 0 Å². The van der Waals surface area contributed by atoms with Crippen LogP contribution in [0.15, 0.2) is 54.6 Å². The summed E-state index contributed by atoms with van der Waals surface area (Å²) >= 11 is 0. The molecule has 0 N–H and O–H groups in total. The Morgan fingerprint density at radius 3 is 2.20 bits per heavy atom. The van der Waals surface area contributed by atoms with E-state index in [0.29, 0.717) is 16.2 Å². The van der Waals surface area contributed by atoms with Crippen molar-refractivity contribution in [3.63, 3.8) is 0 Å². The van der Waals surface area contributed by atoms with Crippen LogP contribution in [0.25, 0.3) is 59.8 Å². The van der Waals surface area contributed by atoms with Gasteiger partial charge in [-0.15, -0.1) is 0 Å². The number of rotatable bonds is 2. The van der Waals surface area contributed by atoms with Gasteiger partial charge in [0.15, 0.2) is 0 Å². The Kier molecular flexibility index (Phi) is 5.22. The summed E-state index contributed by atoms with van der Waals surface area (Å²) in [5.74, 6) is -0.297. The van der Waals surface area contributed by atoms with E-state index in [9.17, 15) is 0 Å². The zero-order valence-corrected chi connectivity index (χ0v) is 24.0. The van der Waals surface area contributed by atoms with Crippen LogP contribution < -0.4 is 11.1 Å². The monoisotopic (exact) mass is 520 g/mol. The summed E-state index contributed by atoms with van der Waals surface area (Å²) < 4.78 is 18.2. The van der Waals surface area contributed by atoms with Gasteiger partial charge >= 0.3 is 0 Å². The largest absolute Gasteiger partial charge is 0.307 e. The molecule has 40 heavy (non-hydrogen) atoms. The Hall–Kier alpha value is -3.59. The number of benzene rings is 4. The number of hydrogen-bond donors (Lipinski definition) is 0. The lowest BCUT2D eigenvalue weighted by atomic mass is 9.80. The third-order valence-electron chi connectivity index (χ3n) is 8.13. The van der Waals surface area contributed by atoms with Crippen LogP contribution in [0, 0.1) is 16.6 Å². The molecule has 0 amide bonds. The van der Waals surface area contributed by atoms with E-state index < -0.39 is 0 Å². The van der Waals surface area contributed by atoms with Crippen molar-refractivity contribution in [2.45, 2.75) is 54.4 Å². The fourth-order valence-corrected chi connectivity index (χ4v) is 6.76. The molecule has 0 atom stereocenters. The molecule has 0 saturated carbocycles. The van der Waals surface area contributed by atoms with Crippen molar-refractivity contribution in [1.82, 2.24) is 9.38 Å². The first-order valence-corrected chi connectivity index (χ1v) is 14.0. The highest BCUT2D eigenvalue weighted by Gasteiger charge is 2.26. The van der Waals surface area contributed by atoms with Gasteiger partial charge in [0.05, 0.1) is 22.1 Å². The Morgan fingerprint density at radius 2 is 1.48 bits per heavy atom. The molecule has 0 spiro atoms. The van der Waals surface area contributed by atoms with Crippen LogP contribution in [-0.4, -0.2) is 25.1 Å². The van der Waals surface area contributed by atoms with Crippen molar-refractivity contribution in [3.05, 3.63) is 71.5 Å². The molecule has 0 saturated heterocycles. The summed E-state index contributed by atoms with van der Waals surface area (Å²) in [7, 11) is 12.8. The van der Waals surface area contributed by atoms with E-state index in [-0.39, 0.29) is 22.2 Å². The number of para-hydroxylation sites is 1. The molecule has 0 aliphatic heterocycles. The van der Waals surface area contributed by atoms with Gasteiger partial charge in [-0.2, -0.15) is 0 Å². The van der Waals surface area contributed by atoms with Crippen molar-refractivity contribution < 1.29 is 4.39 Å². The Morgan fingerprint density at radius 1 is 0.750 bits per heavy atom. The third kappa shape index (κ3) is 3.66. The molecule has 0 bridgehead atoms. The predicted molar refractivity (Wildman–Crippen MR) is 171 cm³/mol. The number of aromatic nitrogens is 2. The van der Waals surface area contributed by atoms with E-state index in [1.807, 2.05) is 18.2 Å². The molecule has 0 aliphatic carbocycles. The number of hydrogen-bond acceptors (Lipinski definition) is 1. The minimum Gasteiger partial charge on any atom is -0.307 e. The molecule has 7 rings (SSSR count). The van der Waals surface area contributed by atoms with Crippen LogP contribution in [0.2, 0.25) is 0 Å². The van der Waals surface area contributed by atoms with Gasteiger partial charge in [-0.25, -0.2) is 4.39 Å². The predicted octanol–water partition coefficient (Wildman–Crippen LogP) is 7.44. The fourth-order valence-electron chi connectivity index (χ4n) is 6.76. The second-order valence-electron chi connectivity index (χ2n) is 13.9. The second kappa shape index (κ2) is 8.22. The summed E-state index contributed by atoms with van der Waals surface area (Å²) in [6.45, 7) is 13.6. The van der Waals surface area contributed by atoms with E-state index in [4.69, 9.17) is 20.7 Å². The molecular weight excluding hydrogens is 489 g/mol. The normalized spacial score (nSPS) is 13.3. The molecule has 3 aromatic heterocycles. The van der Waals surface area contributed by atoms with Crippen molar-refractivity contribution in [2.24, 2.45) is 10.8 Å². The fraction of sp³-hybridized carbons (Fsp3) is 0.286. The number of nitrogens with zero attached hydrogens (tertiary/aromatic N) is 2. The maximum Gasteiger partial charge on any atom is 0.140 e. The molecule has 0 unspecified atom stereocenters. The summed E-state index contributed by atoms with van der Waals surface area (Å²) in [5, 5.41) is 6.37. The molecule has 0 fully saturated rings. The molecule has 4 aromatic carbocycles. The van der Waals surface area contributed by atoms with Crippen LogP contribution in [0.3, 0.4) is 0 Å². The standard InChI is InChI=1S/C35H31B2FN2/c1-34(2,3)16-18-11-12-20-19(13-18)14-23-30-28-22(29(36)33(37)39-30)15-25(38)27-21-9-7-8-10-26(21)40(32(27)28)31(23)24(20)17-35(4,5)6/h7-15H,16-17H2,1-6H3. The molecule has 194 valence electrons. The average molecular weight is 520 g/mol. The topological polar surface area (TPSA) is 17.3 Å². The average Bonchev–Trinajstić information content (AvgIpc) is 3.20. The molecule has 4 radical (unpaired) electrons. The van der Waals surface area contributed by atoms with Crippen molar-refractivity contribution in [3.8, 4) is 0 Å². The molecular formula is C35H31B2FN2. The SMILES string of the molecule is [B]c1nc2c3cc4cc(CC(C)(C)C)ccc4c(CC(C)(C)C)c3n3c4ccccc4c4c(F)cc(c1[B])c2c43. The Bertz CT molecular complexity index is 2160. The van der Waals surface area contributed by atoms with E-state index in [1.165, 1.54) is 28.0 Å². The Labute approximate surface area is 236 Å². The first-order chi connectivity index (χ1) is 18.8. The van der Waals surface area contributed by atoms with Gasteiger partial charge in [0.2, 0.25) is 0 Å². The zero-order valence-electron chi connectivity index (χ0n) is 24.0. The van der Waals surface area contributed by atoms with E-state index in [0.717, 1.165) is 51.1 Å². The summed E-state index contributed by atoms with van der Waals surface area (Å²) in [5.41, 5.74) is 6.92. The maximum atomic E-state index is 16.0. The van der Waals surface area contributed by atoms with E-state index in [1.54, 1.807) is 0 Å². The van der Waals surface area contributed by atoms with Gasteiger partial charge in [-0.05, 0) is 74.7 Å². The number of fused-ring (bicyclic) bond motifs is 7. The van der Waals surface area contributed by atoms with Crippen LogP contribution in [-0.2, 0) is 12.8 Å². The number of pyridine rings is 2. The lowest BCUT2D eigenvalue weighted by molar-refractivity contribution is 0.411. The van der Waals surface area contributed by atoms with Gasteiger partial charge in [0.1, 0.15) is 21.5 Å². The highest BCUT2D eigenvalue weighted by atomic mass is 19.1. The zero-order chi connectivity index (χ0) is 28.3. The Balaban J connectivity index is 1.80. The van der Waals surface area contributed by atoms with Gasteiger partial charge in [0, 0.05) is 21.5 Å². The molecule has 7 aromatic rings. The minimum atomic E-state index is -0.297. The molecule has 0 aliphatic rings. The number of halogens is 1. The summed E-state index contributed by atoms with van der Waals surface area (Å²) in [6, 6.07) is 18.8. The van der Waals surface area contributed by atoms with Gasteiger partial charge in [-0.3, -0.25) is 4.98 Å². The summed E-state index contributed by atoms with van der Waals surface area (Å²) in [4.78, 5) is 4.90. The van der Waals surface area contributed by atoms with Crippen LogP contribution in [0.1, 0.15) is 52.7 Å². The van der Waals surface area contributed by atoms with E-state index >= 15 is 4.39 Å². The van der Waals surface area contributed by atoms with E-state index in [2.05, 4.69) is 76.3 Å². The van der Waals surface area contributed by atoms with Crippen LogP contribution in [0.4, 0.5) is 4.39 Å². The first kappa shape index (κ1) is 25.4. The minimum absolute atomic E-state index is 0.0132. The lowest BCUT2D eigenvalue weighted by Crippen LogP contribution is -2.30. The quantitative estimate of drug-likeness (QED) is 0.132. The van der Waals surface area contributed by atoms with Crippen molar-refractivity contribution >= 4 is 86.5 Å². The smallest absolute Gasteiger partial charge is 0.140 e. The highest BCUT2D eigenvalue weighted by Crippen LogP contribution is 2.44. The molecule has 2 nitrogen and oxygen atoms in total. The third-order valence-corrected chi connectivity index (χ3v) is 8.13. The maximum absolute atomic E-state index is 16.0. The highest BCUT2D eigenvalue weighted by molar-refractivity contribution is 6.53. The van der Waals surface area contributed by atoms with Gasteiger partial charge in [-0.1, -0.05) is 83.4 Å². The molecule has 5 heteroatoms. The first-order valence-electron chi connectivity index (χ1n) is 14.0. The van der Waals surface area contributed by atoms with Gasteiger partial charge in [0.25, 0.3) is 0 Å². The molecule has 3 heterocycles. The van der Waals surface area contributed by atoms with Crippen molar-refractivity contribution in [2.75, 3.05) is 0 Å². The summed E-state index contributed by atoms with van der Waals surface area (Å²) in [6.07, 6.45) is 1.83. The lowest BCUT2D eigenvalue weighted by Gasteiger charge is -2.24. The van der Waals surface area contributed by atoms with Crippen LogP contribution >= 0.6 is 0 Å². The van der Waals surface area contributed by atoms with Gasteiger partial charge < -0.3 is 4.40 Å². The van der Waals surface area contributed by atoms with Crippen molar-refractivity contribution in [1.29, 1.82) is 0 Å².